The molecule has 0 aliphatic heterocycles. The standard InChI is InChI=1S/C9H9FN2O/c1-5-8-7(10)3-2-6(4-13)9(8)12-11-5/h2-3,13H,4H2,1H3,(H,11,12). The van der Waals surface area contributed by atoms with Crippen molar-refractivity contribution in [1.29, 1.82) is 0 Å². The molecular formula is C9H9FN2O. The molecule has 0 saturated heterocycles. The zero-order valence-corrected chi connectivity index (χ0v) is 7.13. The summed E-state index contributed by atoms with van der Waals surface area (Å²) in [4.78, 5) is 0. The van der Waals surface area contributed by atoms with Crippen LogP contribution in [0, 0.1) is 12.7 Å². The molecule has 0 fully saturated rings. The van der Waals surface area contributed by atoms with E-state index in [4.69, 9.17) is 5.11 Å². The van der Waals surface area contributed by atoms with Gasteiger partial charge in [0.05, 0.1) is 23.2 Å². The van der Waals surface area contributed by atoms with Gasteiger partial charge in [-0.15, -0.1) is 0 Å². The van der Waals surface area contributed by atoms with Crippen LogP contribution in [0.25, 0.3) is 10.9 Å². The first-order chi connectivity index (χ1) is 6.24. The van der Waals surface area contributed by atoms with E-state index < -0.39 is 0 Å². The highest BCUT2D eigenvalue weighted by Gasteiger charge is 2.10. The number of rotatable bonds is 1. The maximum atomic E-state index is 13.3. The van der Waals surface area contributed by atoms with Gasteiger partial charge in [-0.1, -0.05) is 6.07 Å². The van der Waals surface area contributed by atoms with Crippen molar-refractivity contribution in [1.82, 2.24) is 10.2 Å². The number of benzene rings is 1. The third-order valence-corrected chi connectivity index (χ3v) is 2.11. The lowest BCUT2D eigenvalue weighted by molar-refractivity contribution is 0.283. The van der Waals surface area contributed by atoms with Crippen molar-refractivity contribution >= 4 is 10.9 Å². The van der Waals surface area contributed by atoms with E-state index in [1.807, 2.05) is 0 Å². The molecule has 2 rings (SSSR count). The van der Waals surface area contributed by atoms with E-state index in [0.717, 1.165) is 0 Å². The lowest BCUT2D eigenvalue weighted by Crippen LogP contribution is -1.87. The molecule has 68 valence electrons. The van der Waals surface area contributed by atoms with E-state index in [0.29, 0.717) is 22.2 Å². The quantitative estimate of drug-likeness (QED) is 0.698. The van der Waals surface area contributed by atoms with Gasteiger partial charge in [-0.05, 0) is 13.0 Å². The van der Waals surface area contributed by atoms with Gasteiger partial charge in [0.1, 0.15) is 5.82 Å². The topological polar surface area (TPSA) is 48.9 Å². The van der Waals surface area contributed by atoms with Crippen molar-refractivity contribution in [3.05, 3.63) is 29.2 Å². The minimum atomic E-state index is -0.307. The predicted octanol–water partition coefficient (Wildman–Crippen LogP) is 1.50. The molecular weight excluding hydrogens is 171 g/mol. The summed E-state index contributed by atoms with van der Waals surface area (Å²) in [7, 11) is 0. The fourth-order valence-corrected chi connectivity index (χ4v) is 1.43. The van der Waals surface area contributed by atoms with Crippen LogP contribution in [-0.4, -0.2) is 15.3 Å². The third kappa shape index (κ3) is 1.10. The molecule has 2 N–H and O–H groups in total. The molecule has 0 aliphatic rings. The summed E-state index contributed by atoms with van der Waals surface area (Å²) in [5.41, 5.74) is 1.86. The van der Waals surface area contributed by atoms with Crippen LogP contribution < -0.4 is 0 Å². The van der Waals surface area contributed by atoms with Crippen molar-refractivity contribution in [2.45, 2.75) is 13.5 Å². The number of aliphatic hydroxyl groups is 1. The van der Waals surface area contributed by atoms with E-state index in [-0.39, 0.29) is 12.4 Å². The number of nitrogens with zero attached hydrogens (tertiary/aromatic N) is 1. The number of hydrogen-bond donors (Lipinski definition) is 2. The van der Waals surface area contributed by atoms with E-state index in [1.165, 1.54) is 6.07 Å². The number of H-pyrrole nitrogens is 1. The van der Waals surface area contributed by atoms with Crippen LogP contribution in [0.4, 0.5) is 4.39 Å². The number of hydrogen-bond acceptors (Lipinski definition) is 2. The average molecular weight is 180 g/mol. The highest BCUT2D eigenvalue weighted by molar-refractivity contribution is 5.84. The van der Waals surface area contributed by atoms with Gasteiger partial charge in [0, 0.05) is 5.56 Å². The van der Waals surface area contributed by atoms with E-state index >= 15 is 0 Å². The SMILES string of the molecule is Cc1n[nH]c2c(CO)ccc(F)c12. The predicted molar refractivity (Wildman–Crippen MR) is 46.7 cm³/mol. The molecule has 0 amide bonds. The molecule has 1 aromatic heterocycles. The highest BCUT2D eigenvalue weighted by atomic mass is 19.1. The van der Waals surface area contributed by atoms with E-state index in [1.54, 1.807) is 13.0 Å². The van der Waals surface area contributed by atoms with Crippen LogP contribution in [0.2, 0.25) is 0 Å². The average Bonchev–Trinajstić information content (AvgIpc) is 2.50. The Bertz CT molecular complexity index is 450. The number of aromatic amines is 1. The number of nitrogens with one attached hydrogen (secondary N) is 1. The Morgan fingerprint density at radius 3 is 3.00 bits per heavy atom. The zero-order chi connectivity index (χ0) is 9.42. The summed E-state index contributed by atoms with van der Waals surface area (Å²) in [5.74, 6) is -0.307. The van der Waals surface area contributed by atoms with Gasteiger partial charge in [-0.2, -0.15) is 5.10 Å². The van der Waals surface area contributed by atoms with Gasteiger partial charge in [0.2, 0.25) is 0 Å². The maximum Gasteiger partial charge on any atom is 0.134 e. The Labute approximate surface area is 74.2 Å². The minimum Gasteiger partial charge on any atom is -0.392 e. The summed E-state index contributed by atoms with van der Waals surface area (Å²) >= 11 is 0. The summed E-state index contributed by atoms with van der Waals surface area (Å²) in [6.45, 7) is 1.61. The monoisotopic (exact) mass is 180 g/mol. The van der Waals surface area contributed by atoms with Crippen molar-refractivity contribution in [3.8, 4) is 0 Å². The fourth-order valence-electron chi connectivity index (χ4n) is 1.43. The maximum absolute atomic E-state index is 13.3. The number of halogens is 1. The van der Waals surface area contributed by atoms with Crippen LogP contribution >= 0.6 is 0 Å². The molecule has 1 aromatic carbocycles. The Kier molecular flexibility index (Phi) is 1.77. The van der Waals surface area contributed by atoms with Crippen molar-refractivity contribution in [3.63, 3.8) is 0 Å². The lowest BCUT2D eigenvalue weighted by Gasteiger charge is -1.98. The Morgan fingerprint density at radius 1 is 1.54 bits per heavy atom. The van der Waals surface area contributed by atoms with Gasteiger partial charge in [0.25, 0.3) is 0 Å². The summed E-state index contributed by atoms with van der Waals surface area (Å²) in [5, 5.41) is 16.0. The molecule has 3 nitrogen and oxygen atoms in total. The summed E-state index contributed by atoms with van der Waals surface area (Å²) in [6.07, 6.45) is 0. The second-order valence-corrected chi connectivity index (χ2v) is 2.92. The van der Waals surface area contributed by atoms with Gasteiger partial charge >= 0.3 is 0 Å². The number of aromatic nitrogens is 2. The Balaban J connectivity index is 2.87. The van der Waals surface area contributed by atoms with Crippen LogP contribution in [0.5, 0.6) is 0 Å². The smallest absolute Gasteiger partial charge is 0.134 e. The summed E-state index contributed by atoms with van der Waals surface area (Å²) < 4.78 is 13.3. The highest BCUT2D eigenvalue weighted by Crippen LogP contribution is 2.22. The third-order valence-electron chi connectivity index (χ3n) is 2.11. The largest absolute Gasteiger partial charge is 0.392 e. The van der Waals surface area contributed by atoms with E-state index in [2.05, 4.69) is 10.2 Å². The van der Waals surface area contributed by atoms with Crippen molar-refractivity contribution in [2.75, 3.05) is 0 Å². The second-order valence-electron chi connectivity index (χ2n) is 2.92. The van der Waals surface area contributed by atoms with Gasteiger partial charge in [0.15, 0.2) is 0 Å². The first-order valence-corrected chi connectivity index (χ1v) is 3.97. The second kappa shape index (κ2) is 2.81. The van der Waals surface area contributed by atoms with Gasteiger partial charge < -0.3 is 5.11 Å². The van der Waals surface area contributed by atoms with Gasteiger partial charge in [-0.3, -0.25) is 5.10 Å². The number of aliphatic hydroxyl groups excluding tert-OH is 1. The number of fused-ring (bicyclic) bond motifs is 1. The van der Waals surface area contributed by atoms with Crippen LogP contribution in [-0.2, 0) is 6.61 Å². The fraction of sp³-hybridized carbons (Fsp3) is 0.222. The van der Waals surface area contributed by atoms with Crippen LogP contribution in [0.15, 0.2) is 12.1 Å². The molecule has 13 heavy (non-hydrogen) atoms. The van der Waals surface area contributed by atoms with Crippen molar-refractivity contribution in [2.24, 2.45) is 0 Å². The molecule has 0 spiro atoms. The molecule has 4 heteroatoms. The Hall–Kier alpha value is -1.42. The first kappa shape index (κ1) is 8.19. The lowest BCUT2D eigenvalue weighted by atomic mass is 10.1. The number of aryl methyl sites for hydroxylation is 1. The Morgan fingerprint density at radius 2 is 2.31 bits per heavy atom. The molecule has 0 saturated carbocycles. The molecule has 0 atom stereocenters. The molecule has 0 unspecified atom stereocenters. The normalized spacial score (nSPS) is 11.0. The molecule has 0 radical (unpaired) electrons. The molecule has 1 heterocycles. The van der Waals surface area contributed by atoms with Crippen LogP contribution in [0.3, 0.4) is 0 Å². The minimum absolute atomic E-state index is 0.113. The van der Waals surface area contributed by atoms with Crippen LogP contribution in [0.1, 0.15) is 11.3 Å². The summed E-state index contributed by atoms with van der Waals surface area (Å²) in [6, 6.07) is 2.89. The first-order valence-electron chi connectivity index (χ1n) is 3.97. The molecule has 0 bridgehead atoms. The van der Waals surface area contributed by atoms with Crippen molar-refractivity contribution < 1.29 is 9.50 Å². The molecule has 0 aliphatic carbocycles. The molecule has 2 aromatic rings. The van der Waals surface area contributed by atoms with E-state index in [9.17, 15) is 4.39 Å². The zero-order valence-electron chi connectivity index (χ0n) is 7.13. The van der Waals surface area contributed by atoms with Gasteiger partial charge in [-0.25, -0.2) is 4.39 Å².